The predicted molar refractivity (Wildman–Crippen MR) is 74.8 cm³/mol. The second-order valence-corrected chi connectivity index (χ2v) is 5.26. The van der Waals surface area contributed by atoms with E-state index in [4.69, 9.17) is 5.73 Å². The van der Waals surface area contributed by atoms with Gasteiger partial charge in [-0.25, -0.2) is 0 Å². The van der Waals surface area contributed by atoms with Crippen molar-refractivity contribution in [2.45, 2.75) is 19.8 Å². The van der Waals surface area contributed by atoms with Crippen LogP contribution in [0, 0.1) is 0 Å². The number of nitrogen functional groups attached to an aromatic ring is 1. The van der Waals surface area contributed by atoms with Gasteiger partial charge in [-0.05, 0) is 12.0 Å². The molecule has 4 heteroatoms. The number of hydrogen-bond donors (Lipinski definition) is 1. The summed E-state index contributed by atoms with van der Waals surface area (Å²) in [5, 5.41) is 4.50. The van der Waals surface area contributed by atoms with Crippen molar-refractivity contribution in [3.05, 3.63) is 34.4 Å². The molecular weight excluding hydrogens is 278 g/mol. The first-order valence-electron chi connectivity index (χ1n) is 5.59. The summed E-state index contributed by atoms with van der Waals surface area (Å²) in [7, 11) is 1.88. The summed E-state index contributed by atoms with van der Waals surface area (Å²) >= 11 is 3.57. The quantitative estimate of drug-likeness (QED) is 0.920. The van der Waals surface area contributed by atoms with Crippen LogP contribution in [0.4, 0.5) is 5.82 Å². The van der Waals surface area contributed by atoms with Crippen molar-refractivity contribution >= 4 is 21.7 Å². The molecule has 0 aliphatic carbocycles. The van der Waals surface area contributed by atoms with Crippen molar-refractivity contribution in [1.29, 1.82) is 0 Å². The standard InChI is InChI=1S/C13H16BrN3/c1-8(2)12-11(13(15)17(3)16-12)9-6-4-5-7-10(9)14/h4-8H,15H2,1-3H3. The molecule has 1 aromatic carbocycles. The highest BCUT2D eigenvalue weighted by Gasteiger charge is 2.19. The van der Waals surface area contributed by atoms with Crippen LogP contribution in [0.15, 0.2) is 28.7 Å². The normalized spacial score (nSPS) is 11.1. The largest absolute Gasteiger partial charge is 0.383 e. The molecule has 0 atom stereocenters. The highest BCUT2D eigenvalue weighted by molar-refractivity contribution is 9.10. The summed E-state index contributed by atoms with van der Waals surface area (Å²) < 4.78 is 2.78. The molecule has 0 unspecified atom stereocenters. The van der Waals surface area contributed by atoms with Crippen molar-refractivity contribution in [3.63, 3.8) is 0 Å². The van der Waals surface area contributed by atoms with Gasteiger partial charge in [-0.3, -0.25) is 4.68 Å². The minimum atomic E-state index is 0.348. The highest BCUT2D eigenvalue weighted by atomic mass is 79.9. The van der Waals surface area contributed by atoms with E-state index in [1.807, 2.05) is 25.2 Å². The SMILES string of the molecule is CC(C)c1nn(C)c(N)c1-c1ccccc1Br. The number of aryl methyl sites for hydroxylation is 1. The molecule has 1 aromatic heterocycles. The molecule has 0 fully saturated rings. The van der Waals surface area contributed by atoms with E-state index in [9.17, 15) is 0 Å². The van der Waals surface area contributed by atoms with Gasteiger partial charge in [0, 0.05) is 22.6 Å². The second kappa shape index (κ2) is 4.53. The Balaban J connectivity index is 2.70. The first-order chi connectivity index (χ1) is 8.02. The molecular formula is C13H16BrN3. The van der Waals surface area contributed by atoms with Gasteiger partial charge in [0.1, 0.15) is 5.82 Å². The molecule has 2 aromatic rings. The van der Waals surface area contributed by atoms with Crippen molar-refractivity contribution < 1.29 is 0 Å². The monoisotopic (exact) mass is 293 g/mol. The number of nitrogens with two attached hydrogens (primary N) is 1. The number of aromatic nitrogens is 2. The van der Waals surface area contributed by atoms with Crippen LogP contribution >= 0.6 is 15.9 Å². The lowest BCUT2D eigenvalue weighted by Gasteiger charge is -2.08. The Labute approximate surface area is 110 Å². The summed E-state index contributed by atoms with van der Waals surface area (Å²) in [6.07, 6.45) is 0. The zero-order chi connectivity index (χ0) is 12.6. The molecule has 0 aliphatic heterocycles. The van der Waals surface area contributed by atoms with Gasteiger partial charge in [-0.2, -0.15) is 5.10 Å². The van der Waals surface area contributed by atoms with E-state index in [2.05, 4.69) is 40.9 Å². The molecule has 3 nitrogen and oxygen atoms in total. The minimum absolute atomic E-state index is 0.348. The van der Waals surface area contributed by atoms with Crippen LogP contribution in [-0.2, 0) is 7.05 Å². The second-order valence-electron chi connectivity index (χ2n) is 4.40. The average Bonchev–Trinajstić information content (AvgIpc) is 2.57. The Morgan fingerprint density at radius 3 is 2.53 bits per heavy atom. The summed E-state index contributed by atoms with van der Waals surface area (Å²) in [5.41, 5.74) is 9.30. The predicted octanol–water partition coefficient (Wildman–Crippen LogP) is 3.56. The molecule has 90 valence electrons. The molecule has 2 N–H and O–H groups in total. The lowest BCUT2D eigenvalue weighted by molar-refractivity contribution is 0.719. The fourth-order valence-electron chi connectivity index (χ4n) is 1.90. The number of rotatable bonds is 2. The smallest absolute Gasteiger partial charge is 0.129 e. The molecule has 0 bridgehead atoms. The molecule has 0 radical (unpaired) electrons. The number of benzene rings is 1. The Morgan fingerprint density at radius 2 is 1.94 bits per heavy atom. The van der Waals surface area contributed by atoms with Crippen LogP contribution in [0.5, 0.6) is 0 Å². The zero-order valence-electron chi connectivity index (χ0n) is 10.2. The maximum Gasteiger partial charge on any atom is 0.129 e. The number of hydrogen-bond acceptors (Lipinski definition) is 2. The number of nitrogens with zero attached hydrogens (tertiary/aromatic N) is 2. The van der Waals surface area contributed by atoms with Crippen molar-refractivity contribution in [3.8, 4) is 11.1 Å². The van der Waals surface area contributed by atoms with Gasteiger partial charge < -0.3 is 5.73 Å². The van der Waals surface area contributed by atoms with Crippen LogP contribution in [0.1, 0.15) is 25.5 Å². The van der Waals surface area contributed by atoms with E-state index in [0.29, 0.717) is 11.7 Å². The fourth-order valence-corrected chi connectivity index (χ4v) is 2.39. The van der Waals surface area contributed by atoms with E-state index in [1.54, 1.807) is 4.68 Å². The third-order valence-electron chi connectivity index (χ3n) is 2.81. The van der Waals surface area contributed by atoms with Gasteiger partial charge in [0.25, 0.3) is 0 Å². The molecule has 2 rings (SSSR count). The van der Waals surface area contributed by atoms with Gasteiger partial charge in [-0.15, -0.1) is 0 Å². The zero-order valence-corrected chi connectivity index (χ0v) is 11.8. The van der Waals surface area contributed by atoms with Crippen LogP contribution in [0.25, 0.3) is 11.1 Å². The van der Waals surface area contributed by atoms with Gasteiger partial charge in [0.05, 0.1) is 5.69 Å². The van der Waals surface area contributed by atoms with Gasteiger partial charge >= 0.3 is 0 Å². The van der Waals surface area contributed by atoms with Crippen molar-refractivity contribution in [2.75, 3.05) is 5.73 Å². The van der Waals surface area contributed by atoms with E-state index < -0.39 is 0 Å². The Morgan fingerprint density at radius 1 is 1.29 bits per heavy atom. The third-order valence-corrected chi connectivity index (χ3v) is 3.50. The lowest BCUT2D eigenvalue weighted by Crippen LogP contribution is -1.98. The van der Waals surface area contributed by atoms with Gasteiger partial charge in [-0.1, -0.05) is 48.0 Å². The average molecular weight is 294 g/mol. The number of anilines is 1. The molecule has 0 aliphatic rings. The van der Waals surface area contributed by atoms with E-state index in [0.717, 1.165) is 21.3 Å². The molecule has 0 spiro atoms. The summed E-state index contributed by atoms with van der Waals surface area (Å²) in [6, 6.07) is 8.08. The highest BCUT2D eigenvalue weighted by Crippen LogP contribution is 2.37. The summed E-state index contributed by atoms with van der Waals surface area (Å²) in [4.78, 5) is 0. The maximum absolute atomic E-state index is 6.12. The van der Waals surface area contributed by atoms with Gasteiger partial charge in [0.15, 0.2) is 0 Å². The van der Waals surface area contributed by atoms with Crippen molar-refractivity contribution in [2.24, 2.45) is 7.05 Å². The van der Waals surface area contributed by atoms with E-state index >= 15 is 0 Å². The summed E-state index contributed by atoms with van der Waals surface area (Å²) in [6.45, 7) is 4.25. The fraction of sp³-hybridized carbons (Fsp3) is 0.308. The van der Waals surface area contributed by atoms with Crippen LogP contribution < -0.4 is 5.73 Å². The number of halogens is 1. The Bertz CT molecular complexity index is 544. The first kappa shape index (κ1) is 12.2. The maximum atomic E-state index is 6.12. The van der Waals surface area contributed by atoms with Crippen LogP contribution in [0.2, 0.25) is 0 Å². The van der Waals surface area contributed by atoms with E-state index in [-0.39, 0.29) is 0 Å². The Hall–Kier alpha value is -1.29. The summed E-state index contributed by atoms with van der Waals surface area (Å²) in [5.74, 6) is 1.06. The van der Waals surface area contributed by atoms with Crippen molar-refractivity contribution in [1.82, 2.24) is 9.78 Å². The molecule has 0 amide bonds. The first-order valence-corrected chi connectivity index (χ1v) is 6.39. The molecule has 17 heavy (non-hydrogen) atoms. The molecule has 1 heterocycles. The van der Waals surface area contributed by atoms with E-state index in [1.165, 1.54) is 0 Å². The molecule has 0 saturated heterocycles. The van der Waals surface area contributed by atoms with Gasteiger partial charge in [0.2, 0.25) is 0 Å². The van der Waals surface area contributed by atoms with Crippen LogP contribution in [-0.4, -0.2) is 9.78 Å². The van der Waals surface area contributed by atoms with Crippen LogP contribution in [0.3, 0.4) is 0 Å². The minimum Gasteiger partial charge on any atom is -0.383 e. The topological polar surface area (TPSA) is 43.8 Å². The molecule has 0 saturated carbocycles. The lowest BCUT2D eigenvalue weighted by atomic mass is 9.99. The third kappa shape index (κ3) is 2.09. The Kier molecular flexibility index (Phi) is 3.24.